The van der Waals surface area contributed by atoms with Crippen LogP contribution < -0.4 is 4.74 Å². The van der Waals surface area contributed by atoms with Crippen molar-refractivity contribution in [2.24, 2.45) is 5.92 Å². The van der Waals surface area contributed by atoms with E-state index in [9.17, 15) is 13.2 Å². The molecule has 0 saturated carbocycles. The van der Waals surface area contributed by atoms with Gasteiger partial charge in [-0.05, 0) is 38.0 Å². The second-order valence-electron chi connectivity index (χ2n) is 6.14. The van der Waals surface area contributed by atoms with Crippen LogP contribution in [0.2, 0.25) is 5.02 Å². The second-order valence-corrected chi connectivity index (χ2v) is 8.83. The fourth-order valence-electron chi connectivity index (χ4n) is 2.84. The summed E-state index contributed by atoms with van der Waals surface area (Å²) in [7, 11) is -1.41. The molecular weight excluding hydrogens is 364 g/mol. The molecule has 1 fully saturated rings. The Morgan fingerprint density at radius 2 is 2.04 bits per heavy atom. The Hall–Kier alpha value is -1.31. The standard InChI is InChI=1S/C17H25ClN2O4S/c1-3-25(22,23)20-9-7-14(8-10-20)17(21)19(2)11-12-24-16-6-4-5-15(18)13-16/h4-6,13-14H,3,7-12H2,1-2H3. The molecule has 1 aromatic rings. The maximum Gasteiger partial charge on any atom is 0.225 e. The highest BCUT2D eigenvalue weighted by molar-refractivity contribution is 7.89. The van der Waals surface area contributed by atoms with Crippen LogP contribution in [-0.4, -0.2) is 62.6 Å². The number of benzene rings is 1. The van der Waals surface area contributed by atoms with Gasteiger partial charge in [0, 0.05) is 31.1 Å². The van der Waals surface area contributed by atoms with E-state index < -0.39 is 10.0 Å². The molecule has 1 heterocycles. The molecule has 1 aromatic carbocycles. The average molecular weight is 389 g/mol. The molecule has 0 bridgehead atoms. The predicted molar refractivity (Wildman–Crippen MR) is 98.3 cm³/mol. The number of halogens is 1. The fourth-order valence-corrected chi connectivity index (χ4v) is 4.16. The summed E-state index contributed by atoms with van der Waals surface area (Å²) in [5, 5.41) is 0.607. The Morgan fingerprint density at radius 1 is 1.36 bits per heavy atom. The zero-order chi connectivity index (χ0) is 18.4. The molecule has 6 nitrogen and oxygen atoms in total. The molecule has 0 aromatic heterocycles. The highest BCUT2D eigenvalue weighted by Gasteiger charge is 2.31. The molecule has 0 aliphatic carbocycles. The van der Waals surface area contributed by atoms with Crippen molar-refractivity contribution >= 4 is 27.5 Å². The van der Waals surface area contributed by atoms with Gasteiger partial charge in [-0.3, -0.25) is 4.79 Å². The Bertz CT molecular complexity index is 688. The van der Waals surface area contributed by atoms with Crippen LogP contribution in [0.5, 0.6) is 5.75 Å². The number of sulfonamides is 1. The van der Waals surface area contributed by atoms with Crippen LogP contribution in [0.15, 0.2) is 24.3 Å². The summed E-state index contributed by atoms with van der Waals surface area (Å²) in [4.78, 5) is 14.2. The van der Waals surface area contributed by atoms with Crippen molar-refractivity contribution in [3.05, 3.63) is 29.3 Å². The van der Waals surface area contributed by atoms with Crippen molar-refractivity contribution in [2.45, 2.75) is 19.8 Å². The Balaban J connectivity index is 1.77. The van der Waals surface area contributed by atoms with Crippen LogP contribution in [0.1, 0.15) is 19.8 Å². The lowest BCUT2D eigenvalue weighted by atomic mass is 9.97. The minimum Gasteiger partial charge on any atom is -0.492 e. The summed E-state index contributed by atoms with van der Waals surface area (Å²) >= 11 is 5.90. The van der Waals surface area contributed by atoms with E-state index in [1.807, 2.05) is 12.1 Å². The van der Waals surface area contributed by atoms with E-state index in [0.717, 1.165) is 0 Å². The zero-order valence-electron chi connectivity index (χ0n) is 14.7. The van der Waals surface area contributed by atoms with Gasteiger partial charge in [0.1, 0.15) is 12.4 Å². The molecule has 0 N–H and O–H groups in total. The Morgan fingerprint density at radius 3 is 2.64 bits per heavy atom. The van der Waals surface area contributed by atoms with Crippen molar-refractivity contribution < 1.29 is 17.9 Å². The first-order valence-electron chi connectivity index (χ1n) is 8.44. The van der Waals surface area contributed by atoms with Gasteiger partial charge in [0.15, 0.2) is 0 Å². The normalized spacial score (nSPS) is 16.6. The molecule has 1 amide bonds. The topological polar surface area (TPSA) is 66.9 Å². The number of hydrogen-bond donors (Lipinski definition) is 0. The fraction of sp³-hybridized carbons (Fsp3) is 0.588. The first kappa shape index (κ1) is 20.0. The van der Waals surface area contributed by atoms with Gasteiger partial charge in [-0.25, -0.2) is 12.7 Å². The van der Waals surface area contributed by atoms with Crippen molar-refractivity contribution in [1.82, 2.24) is 9.21 Å². The van der Waals surface area contributed by atoms with E-state index in [0.29, 0.717) is 49.9 Å². The molecular formula is C17H25ClN2O4S. The Labute approximate surface area is 154 Å². The first-order valence-corrected chi connectivity index (χ1v) is 10.4. The molecule has 25 heavy (non-hydrogen) atoms. The van der Waals surface area contributed by atoms with Gasteiger partial charge in [-0.1, -0.05) is 17.7 Å². The van der Waals surface area contributed by atoms with Gasteiger partial charge in [0.2, 0.25) is 15.9 Å². The molecule has 8 heteroatoms. The monoisotopic (exact) mass is 388 g/mol. The highest BCUT2D eigenvalue weighted by atomic mass is 35.5. The highest BCUT2D eigenvalue weighted by Crippen LogP contribution is 2.22. The molecule has 2 rings (SSSR count). The summed E-state index contributed by atoms with van der Waals surface area (Å²) in [6.45, 7) is 3.32. The van der Waals surface area contributed by atoms with Crippen LogP contribution in [0.4, 0.5) is 0 Å². The second kappa shape index (κ2) is 8.87. The zero-order valence-corrected chi connectivity index (χ0v) is 16.2. The number of likely N-dealkylation sites (N-methyl/N-ethyl adjacent to an activating group) is 1. The molecule has 0 radical (unpaired) electrons. The largest absolute Gasteiger partial charge is 0.492 e. The summed E-state index contributed by atoms with van der Waals surface area (Å²) in [5.41, 5.74) is 0. The lowest BCUT2D eigenvalue weighted by molar-refractivity contribution is -0.135. The van der Waals surface area contributed by atoms with Crippen molar-refractivity contribution in [3.8, 4) is 5.75 Å². The van der Waals surface area contributed by atoms with Crippen molar-refractivity contribution in [1.29, 1.82) is 0 Å². The van der Waals surface area contributed by atoms with E-state index in [-0.39, 0.29) is 17.6 Å². The van der Waals surface area contributed by atoms with E-state index >= 15 is 0 Å². The lowest BCUT2D eigenvalue weighted by Gasteiger charge is -2.32. The van der Waals surface area contributed by atoms with Crippen LogP contribution >= 0.6 is 11.6 Å². The number of amides is 1. The summed E-state index contributed by atoms with van der Waals surface area (Å²) in [6, 6.07) is 7.13. The minimum absolute atomic E-state index is 0.0447. The van der Waals surface area contributed by atoms with Crippen LogP contribution in [0.3, 0.4) is 0 Å². The number of rotatable bonds is 7. The van der Waals surface area contributed by atoms with Gasteiger partial charge in [0.25, 0.3) is 0 Å². The molecule has 1 saturated heterocycles. The number of ether oxygens (including phenoxy) is 1. The quantitative estimate of drug-likeness (QED) is 0.718. The Kier molecular flexibility index (Phi) is 7.10. The van der Waals surface area contributed by atoms with Gasteiger partial charge >= 0.3 is 0 Å². The lowest BCUT2D eigenvalue weighted by Crippen LogP contribution is -2.44. The van der Waals surface area contributed by atoms with Gasteiger partial charge in [-0.15, -0.1) is 0 Å². The number of hydrogen-bond acceptors (Lipinski definition) is 4. The van der Waals surface area contributed by atoms with Gasteiger partial charge in [-0.2, -0.15) is 0 Å². The van der Waals surface area contributed by atoms with Crippen molar-refractivity contribution in [2.75, 3.05) is 39.0 Å². The number of carbonyl (C=O) groups excluding carboxylic acids is 1. The average Bonchev–Trinajstić information content (AvgIpc) is 2.61. The smallest absolute Gasteiger partial charge is 0.225 e. The molecule has 1 aliphatic rings. The predicted octanol–water partition coefficient (Wildman–Crippen LogP) is 2.24. The van der Waals surface area contributed by atoms with E-state index in [2.05, 4.69) is 0 Å². The SMILES string of the molecule is CCS(=O)(=O)N1CCC(C(=O)N(C)CCOc2cccc(Cl)c2)CC1. The van der Waals surface area contributed by atoms with Gasteiger partial charge < -0.3 is 9.64 Å². The number of nitrogens with zero attached hydrogens (tertiary/aromatic N) is 2. The number of piperidine rings is 1. The molecule has 0 spiro atoms. The van der Waals surface area contributed by atoms with E-state index in [1.165, 1.54) is 4.31 Å². The summed E-state index contributed by atoms with van der Waals surface area (Å²) in [5.74, 6) is 0.695. The number of carbonyl (C=O) groups is 1. The van der Waals surface area contributed by atoms with Crippen LogP contribution in [0.25, 0.3) is 0 Å². The van der Waals surface area contributed by atoms with E-state index in [4.69, 9.17) is 16.3 Å². The molecule has 0 unspecified atom stereocenters. The third-order valence-electron chi connectivity index (χ3n) is 4.43. The molecule has 1 aliphatic heterocycles. The first-order chi connectivity index (χ1) is 11.8. The maximum atomic E-state index is 12.5. The third-order valence-corrected chi connectivity index (χ3v) is 6.55. The van der Waals surface area contributed by atoms with Crippen LogP contribution in [0, 0.1) is 5.92 Å². The summed E-state index contributed by atoms with van der Waals surface area (Å²) in [6.07, 6.45) is 1.13. The molecule has 140 valence electrons. The molecule has 0 atom stereocenters. The van der Waals surface area contributed by atoms with Gasteiger partial charge in [0.05, 0.1) is 12.3 Å². The third kappa shape index (κ3) is 5.59. The van der Waals surface area contributed by atoms with Crippen LogP contribution in [-0.2, 0) is 14.8 Å². The van der Waals surface area contributed by atoms with E-state index in [1.54, 1.807) is 31.0 Å². The summed E-state index contributed by atoms with van der Waals surface area (Å²) < 4.78 is 30.8. The maximum absolute atomic E-state index is 12.5. The van der Waals surface area contributed by atoms with Crippen molar-refractivity contribution in [3.63, 3.8) is 0 Å². The minimum atomic E-state index is -3.16.